The number of rotatable bonds is 4. The number of imidazole rings is 2. The molecule has 9 heteroatoms. The van der Waals surface area contributed by atoms with E-state index in [4.69, 9.17) is 0 Å². The van der Waals surface area contributed by atoms with E-state index < -0.39 is 0 Å². The summed E-state index contributed by atoms with van der Waals surface area (Å²) < 4.78 is 3.70. The second-order valence-corrected chi connectivity index (χ2v) is 6.29. The summed E-state index contributed by atoms with van der Waals surface area (Å²) in [7, 11) is 3.78. The van der Waals surface area contributed by atoms with E-state index in [1.165, 1.54) is 0 Å². The number of para-hydroxylation sites is 4. The molecule has 0 spiro atoms. The third-order valence-corrected chi connectivity index (χ3v) is 4.12. The molecular formula is C22H24N6O3. The number of aromatic hydroxyl groups is 2. The maximum atomic E-state index is 9.47. The zero-order valence-electron chi connectivity index (χ0n) is 17.2. The topological polar surface area (TPSA) is 132 Å². The highest BCUT2D eigenvalue weighted by molar-refractivity contribution is 5.79. The SMILES string of the molecule is Cn1ccnc1C=Nc1ccccc1O.Cn1ccnc1C=Nc1ccccc1O.O. The standard InChI is InChI=1S/2C11H11N3O.H2O/c2*1-14-7-6-12-11(14)8-13-9-4-2-3-5-10(9)15;/h2*2-8,15H,1H3;1H2. The van der Waals surface area contributed by atoms with Gasteiger partial charge in [0.15, 0.2) is 11.6 Å². The molecule has 9 nitrogen and oxygen atoms in total. The van der Waals surface area contributed by atoms with Crippen LogP contribution < -0.4 is 0 Å². The molecule has 0 aliphatic rings. The van der Waals surface area contributed by atoms with Crippen LogP contribution in [-0.4, -0.2) is 47.2 Å². The zero-order valence-corrected chi connectivity index (χ0v) is 17.2. The van der Waals surface area contributed by atoms with Crippen molar-refractivity contribution in [2.75, 3.05) is 0 Å². The first-order valence-corrected chi connectivity index (χ1v) is 9.13. The molecule has 2 heterocycles. The molecule has 0 aliphatic heterocycles. The van der Waals surface area contributed by atoms with E-state index in [1.54, 1.807) is 61.2 Å². The van der Waals surface area contributed by atoms with Gasteiger partial charge in [0, 0.05) is 38.9 Å². The molecule has 0 bridgehead atoms. The molecule has 0 aliphatic carbocycles. The van der Waals surface area contributed by atoms with Gasteiger partial charge in [-0.1, -0.05) is 24.3 Å². The van der Waals surface area contributed by atoms with Gasteiger partial charge in [-0.2, -0.15) is 0 Å². The van der Waals surface area contributed by atoms with Crippen LogP contribution in [0.2, 0.25) is 0 Å². The predicted molar refractivity (Wildman–Crippen MR) is 121 cm³/mol. The van der Waals surface area contributed by atoms with Crippen LogP contribution in [0.25, 0.3) is 0 Å². The Labute approximate surface area is 179 Å². The smallest absolute Gasteiger partial charge is 0.150 e. The van der Waals surface area contributed by atoms with Crippen molar-refractivity contribution in [3.63, 3.8) is 0 Å². The maximum absolute atomic E-state index is 9.47. The fourth-order valence-corrected chi connectivity index (χ4v) is 2.40. The summed E-state index contributed by atoms with van der Waals surface area (Å²) in [6.07, 6.45) is 10.3. The van der Waals surface area contributed by atoms with Crippen LogP contribution in [0.4, 0.5) is 11.4 Å². The Morgan fingerprint density at radius 3 is 1.42 bits per heavy atom. The van der Waals surface area contributed by atoms with Gasteiger partial charge < -0.3 is 24.8 Å². The molecule has 0 saturated heterocycles. The number of aromatic nitrogens is 4. The summed E-state index contributed by atoms with van der Waals surface area (Å²) >= 11 is 0. The van der Waals surface area contributed by atoms with Gasteiger partial charge in [-0.25, -0.2) is 20.0 Å². The Morgan fingerprint density at radius 2 is 1.10 bits per heavy atom. The number of benzene rings is 2. The Balaban J connectivity index is 0.000000213. The first-order valence-electron chi connectivity index (χ1n) is 9.13. The Bertz CT molecular complexity index is 1070. The fraction of sp³-hybridized carbons (Fsp3) is 0.0909. The summed E-state index contributed by atoms with van der Waals surface area (Å²) in [6, 6.07) is 13.9. The molecule has 0 amide bonds. The lowest BCUT2D eigenvalue weighted by Gasteiger charge is -1.97. The van der Waals surface area contributed by atoms with Crippen LogP contribution in [0.5, 0.6) is 11.5 Å². The van der Waals surface area contributed by atoms with Gasteiger partial charge in [0.2, 0.25) is 0 Å². The average molecular weight is 420 g/mol. The summed E-state index contributed by atoms with van der Waals surface area (Å²) in [5.74, 6) is 1.84. The van der Waals surface area contributed by atoms with E-state index in [0.29, 0.717) is 11.4 Å². The van der Waals surface area contributed by atoms with Crippen molar-refractivity contribution in [2.24, 2.45) is 24.1 Å². The Hall–Kier alpha value is -4.24. The van der Waals surface area contributed by atoms with Crippen LogP contribution in [0.15, 0.2) is 83.3 Å². The minimum absolute atomic E-state index is 0. The van der Waals surface area contributed by atoms with E-state index in [9.17, 15) is 10.2 Å². The molecule has 0 atom stereocenters. The highest BCUT2D eigenvalue weighted by Crippen LogP contribution is 2.25. The van der Waals surface area contributed by atoms with Crippen molar-refractivity contribution in [1.29, 1.82) is 0 Å². The van der Waals surface area contributed by atoms with Gasteiger partial charge in [-0.05, 0) is 24.3 Å². The molecule has 0 unspecified atom stereocenters. The van der Waals surface area contributed by atoms with Crippen molar-refractivity contribution in [1.82, 2.24) is 19.1 Å². The highest BCUT2D eigenvalue weighted by Gasteiger charge is 1.98. The third kappa shape index (κ3) is 6.38. The summed E-state index contributed by atoms with van der Waals surface area (Å²) in [4.78, 5) is 16.5. The van der Waals surface area contributed by atoms with Gasteiger partial charge in [-0.15, -0.1) is 0 Å². The Morgan fingerprint density at radius 1 is 0.710 bits per heavy atom. The maximum Gasteiger partial charge on any atom is 0.150 e. The van der Waals surface area contributed by atoms with Crippen LogP contribution >= 0.6 is 0 Å². The summed E-state index contributed by atoms with van der Waals surface area (Å²) in [6.45, 7) is 0. The third-order valence-electron chi connectivity index (χ3n) is 4.12. The fourth-order valence-electron chi connectivity index (χ4n) is 2.40. The number of phenols is 2. The summed E-state index contributed by atoms with van der Waals surface area (Å²) in [5, 5.41) is 18.9. The second-order valence-electron chi connectivity index (χ2n) is 6.29. The largest absolute Gasteiger partial charge is 0.506 e. The van der Waals surface area contributed by atoms with Crippen LogP contribution in [-0.2, 0) is 14.1 Å². The molecule has 0 saturated carbocycles. The first-order chi connectivity index (χ1) is 14.5. The van der Waals surface area contributed by atoms with Gasteiger partial charge in [0.1, 0.15) is 22.9 Å². The van der Waals surface area contributed by atoms with E-state index >= 15 is 0 Å². The quantitative estimate of drug-likeness (QED) is 0.491. The lowest BCUT2D eigenvalue weighted by Crippen LogP contribution is -1.94. The molecule has 0 fully saturated rings. The van der Waals surface area contributed by atoms with E-state index in [0.717, 1.165) is 11.6 Å². The number of hydrogen-bond donors (Lipinski definition) is 2. The predicted octanol–water partition coefficient (Wildman–Crippen LogP) is 2.93. The molecule has 4 rings (SSSR count). The van der Waals surface area contributed by atoms with Crippen molar-refractivity contribution >= 4 is 23.8 Å². The zero-order chi connectivity index (χ0) is 21.3. The lowest BCUT2D eigenvalue weighted by molar-refractivity contribution is 0.476. The van der Waals surface area contributed by atoms with E-state index in [1.807, 2.05) is 47.8 Å². The number of phenolic OH excluding ortho intramolecular Hbond substituents is 2. The lowest BCUT2D eigenvalue weighted by atomic mass is 10.3. The van der Waals surface area contributed by atoms with Gasteiger partial charge in [0.25, 0.3) is 0 Å². The summed E-state index contributed by atoms with van der Waals surface area (Å²) in [5.41, 5.74) is 1.08. The van der Waals surface area contributed by atoms with Gasteiger partial charge in [-0.3, -0.25) is 0 Å². The van der Waals surface area contributed by atoms with Crippen molar-refractivity contribution in [3.8, 4) is 11.5 Å². The minimum atomic E-state index is 0. The Kier molecular flexibility index (Phi) is 8.23. The van der Waals surface area contributed by atoms with E-state index in [2.05, 4.69) is 20.0 Å². The molecule has 0 radical (unpaired) electrons. The average Bonchev–Trinajstić information content (AvgIpc) is 3.35. The van der Waals surface area contributed by atoms with Crippen molar-refractivity contribution in [2.45, 2.75) is 0 Å². The molecule has 4 aromatic rings. The highest BCUT2D eigenvalue weighted by atomic mass is 16.3. The van der Waals surface area contributed by atoms with Gasteiger partial charge >= 0.3 is 0 Å². The van der Waals surface area contributed by atoms with Gasteiger partial charge in [0.05, 0.1) is 12.4 Å². The van der Waals surface area contributed by atoms with Crippen LogP contribution in [0.3, 0.4) is 0 Å². The second kappa shape index (κ2) is 11.1. The molecule has 2 aromatic heterocycles. The monoisotopic (exact) mass is 420 g/mol. The van der Waals surface area contributed by atoms with Crippen LogP contribution in [0, 0.1) is 0 Å². The normalized spacial score (nSPS) is 10.6. The van der Waals surface area contributed by atoms with E-state index in [-0.39, 0.29) is 17.0 Å². The first kappa shape index (κ1) is 23.0. The molecule has 31 heavy (non-hydrogen) atoms. The molecule has 2 aromatic carbocycles. The molecular weight excluding hydrogens is 396 g/mol. The molecule has 160 valence electrons. The minimum Gasteiger partial charge on any atom is -0.506 e. The number of nitrogens with zero attached hydrogens (tertiary/aromatic N) is 6. The van der Waals surface area contributed by atoms with Crippen molar-refractivity contribution in [3.05, 3.63) is 85.0 Å². The number of aliphatic imine (C=N–C) groups is 2. The number of aryl methyl sites for hydroxylation is 2. The molecule has 4 N–H and O–H groups in total. The number of hydrogen-bond acceptors (Lipinski definition) is 6. The van der Waals surface area contributed by atoms with Crippen LogP contribution in [0.1, 0.15) is 11.6 Å². The van der Waals surface area contributed by atoms with Crippen molar-refractivity contribution < 1.29 is 15.7 Å².